The quantitative estimate of drug-likeness (QED) is 0.106. The van der Waals surface area contributed by atoms with Crippen molar-refractivity contribution in [2.45, 2.75) is 91.4 Å². The first kappa shape index (κ1) is 42.0. The number of nitrogens with one attached hydrogen (secondary N) is 4. The number of imidazole rings is 2. The van der Waals surface area contributed by atoms with Gasteiger partial charge in [0.05, 0.1) is 41.3 Å². The van der Waals surface area contributed by atoms with E-state index in [4.69, 9.17) is 14.7 Å². The molecule has 0 aliphatic carbocycles. The van der Waals surface area contributed by atoms with Crippen LogP contribution in [0.4, 0.5) is 4.79 Å². The second-order valence-corrected chi connectivity index (χ2v) is 18.9. The minimum Gasteiger partial charge on any atom is -0.453 e. The van der Waals surface area contributed by atoms with Gasteiger partial charge >= 0.3 is 6.09 Å². The molecule has 2 fully saturated rings. The SMILES string of the molecule is COC(=O)N[C@H](C(=O)N1CCC[C@H]1c1nc2c(ccc3cc(-c4ccc5sc(-c6ccc7nc([C@@H]8CCCN8C(=O)[C@@H](NC(C)=O)C(C)C)[nH]c7c6)c(C)c5c4)ccc32)[nH]1)C(C)C. The average molecular weight is 867 g/mol. The van der Waals surface area contributed by atoms with Gasteiger partial charge in [0.1, 0.15) is 23.7 Å². The van der Waals surface area contributed by atoms with Gasteiger partial charge in [0.25, 0.3) is 0 Å². The summed E-state index contributed by atoms with van der Waals surface area (Å²) in [6, 6.07) is 22.1. The number of benzene rings is 4. The number of rotatable bonds is 10. The Bertz CT molecular complexity index is 2930. The summed E-state index contributed by atoms with van der Waals surface area (Å²) < 4.78 is 6.02. The summed E-state index contributed by atoms with van der Waals surface area (Å²) >= 11 is 1.78. The highest BCUT2D eigenvalue weighted by Crippen LogP contribution is 2.42. The number of aromatic amines is 2. The van der Waals surface area contributed by atoms with Gasteiger partial charge in [-0.3, -0.25) is 14.4 Å². The normalized spacial score (nSPS) is 17.7. The molecule has 5 heterocycles. The largest absolute Gasteiger partial charge is 0.453 e. The fourth-order valence-corrected chi connectivity index (χ4v) is 10.8. The summed E-state index contributed by atoms with van der Waals surface area (Å²) in [7, 11) is 1.30. The van der Waals surface area contributed by atoms with Gasteiger partial charge in [0, 0.05) is 35.0 Å². The van der Waals surface area contributed by atoms with Gasteiger partial charge in [-0.05, 0) is 114 Å². The van der Waals surface area contributed by atoms with Crippen molar-refractivity contribution in [3.8, 4) is 21.6 Å². The summed E-state index contributed by atoms with van der Waals surface area (Å²) in [4.78, 5) is 73.5. The predicted molar refractivity (Wildman–Crippen MR) is 248 cm³/mol. The third kappa shape index (κ3) is 7.78. The molecule has 4 aromatic carbocycles. The van der Waals surface area contributed by atoms with E-state index < -0.39 is 18.2 Å². The maximum Gasteiger partial charge on any atom is 0.407 e. The number of H-pyrrole nitrogens is 2. The Hall–Kier alpha value is -6.28. The fraction of sp³-hybridized carbons (Fsp3) is 0.388. The van der Waals surface area contributed by atoms with Gasteiger partial charge in [0.15, 0.2) is 0 Å². The summed E-state index contributed by atoms with van der Waals surface area (Å²) in [6.07, 6.45) is 2.71. The number of aromatic nitrogens is 4. The maximum absolute atomic E-state index is 13.8. The molecule has 326 valence electrons. The average Bonchev–Trinajstić information content (AvgIpc) is 4.13. The molecule has 2 saturated heterocycles. The molecule has 7 aromatic rings. The van der Waals surface area contributed by atoms with Crippen LogP contribution in [-0.2, 0) is 19.1 Å². The van der Waals surface area contributed by atoms with Crippen LogP contribution in [0.2, 0.25) is 0 Å². The molecule has 3 aromatic heterocycles. The highest BCUT2D eigenvalue weighted by atomic mass is 32.1. The first-order chi connectivity index (χ1) is 30.3. The van der Waals surface area contributed by atoms with E-state index in [1.165, 1.54) is 34.6 Å². The van der Waals surface area contributed by atoms with E-state index in [-0.39, 0.29) is 41.6 Å². The Morgan fingerprint density at radius 1 is 0.730 bits per heavy atom. The number of carbonyl (C=O) groups is 4. The molecule has 0 unspecified atom stereocenters. The topological polar surface area (TPSA) is 165 Å². The van der Waals surface area contributed by atoms with Gasteiger partial charge in [-0.2, -0.15) is 0 Å². The van der Waals surface area contributed by atoms with Crippen LogP contribution in [0.25, 0.3) is 64.5 Å². The van der Waals surface area contributed by atoms with Crippen molar-refractivity contribution in [3.05, 3.63) is 83.9 Å². The molecule has 0 radical (unpaired) electrons. The van der Waals surface area contributed by atoms with Crippen molar-refractivity contribution >= 4 is 78.1 Å². The Morgan fingerprint density at radius 3 is 2.02 bits per heavy atom. The van der Waals surface area contributed by atoms with E-state index in [0.29, 0.717) is 13.1 Å². The number of aryl methyl sites for hydroxylation is 1. The van der Waals surface area contributed by atoms with E-state index in [0.717, 1.165) is 86.9 Å². The Balaban J connectivity index is 0.964. The van der Waals surface area contributed by atoms with Crippen LogP contribution in [0.5, 0.6) is 0 Å². The molecule has 4 N–H and O–H groups in total. The number of methoxy groups -OCH3 is 1. The molecule has 14 heteroatoms. The molecule has 2 aliphatic rings. The zero-order valence-electron chi connectivity index (χ0n) is 36.8. The third-order valence-electron chi connectivity index (χ3n) is 12.9. The van der Waals surface area contributed by atoms with Crippen LogP contribution < -0.4 is 10.6 Å². The molecule has 4 amide bonds. The van der Waals surface area contributed by atoms with Gasteiger partial charge in [0.2, 0.25) is 17.7 Å². The number of hydrogen-bond donors (Lipinski definition) is 4. The first-order valence-corrected chi connectivity index (χ1v) is 22.8. The molecular weight excluding hydrogens is 813 g/mol. The first-order valence-electron chi connectivity index (χ1n) is 22.0. The lowest BCUT2D eigenvalue weighted by Gasteiger charge is -2.30. The van der Waals surface area contributed by atoms with Gasteiger partial charge in [-0.1, -0.05) is 58.0 Å². The van der Waals surface area contributed by atoms with Crippen molar-refractivity contribution in [3.63, 3.8) is 0 Å². The van der Waals surface area contributed by atoms with Gasteiger partial charge in [-0.15, -0.1) is 11.3 Å². The molecule has 13 nitrogen and oxygen atoms in total. The maximum atomic E-state index is 13.8. The second kappa shape index (κ2) is 16.8. The monoisotopic (exact) mass is 866 g/mol. The fourth-order valence-electron chi connectivity index (χ4n) is 9.58. The summed E-state index contributed by atoms with van der Waals surface area (Å²) in [5.41, 5.74) is 8.13. The Kier molecular flexibility index (Phi) is 11.2. The van der Waals surface area contributed by atoms with Gasteiger partial charge in [-0.25, -0.2) is 14.8 Å². The Morgan fingerprint density at radius 2 is 1.35 bits per heavy atom. The standard InChI is InChI=1S/C49H54N8O5S/c1-25(2)41(50-28(6)58)47(59)56-20-8-10-38(56)45-51-35-17-14-32(24-37(35)53-45)44-27(5)34-23-30(15-19-40(34)63-44)29-12-16-33-31(22-29)13-18-36-43(33)54-46(52-36)39-11-9-21-57(39)48(60)42(26(3)4)55-49(61)62-7/h12-19,22-26,38-39,41-42H,8-11,20-21H2,1-7H3,(H,50,58)(H,51,53)(H,52,54)(H,55,61)/t38-,39-,41-,42-/m0/s1. The minimum absolute atomic E-state index is 0.0308. The number of nitrogens with zero attached hydrogens (tertiary/aromatic N) is 4. The van der Waals surface area contributed by atoms with Crippen molar-refractivity contribution in [2.24, 2.45) is 11.8 Å². The lowest BCUT2D eigenvalue weighted by molar-refractivity contribution is -0.138. The summed E-state index contributed by atoms with van der Waals surface area (Å²) in [5.74, 6) is 0.987. The van der Waals surface area contributed by atoms with E-state index in [1.54, 1.807) is 11.3 Å². The van der Waals surface area contributed by atoms with E-state index in [2.05, 4.69) is 94.3 Å². The van der Waals surface area contributed by atoms with Crippen molar-refractivity contribution in [1.82, 2.24) is 40.4 Å². The number of ether oxygens (including phenoxy) is 1. The highest BCUT2D eigenvalue weighted by molar-refractivity contribution is 7.22. The highest BCUT2D eigenvalue weighted by Gasteiger charge is 2.39. The van der Waals surface area contributed by atoms with Crippen LogP contribution >= 0.6 is 11.3 Å². The van der Waals surface area contributed by atoms with Crippen molar-refractivity contribution in [1.29, 1.82) is 0 Å². The van der Waals surface area contributed by atoms with E-state index in [1.807, 2.05) is 37.5 Å². The van der Waals surface area contributed by atoms with Crippen LogP contribution in [0, 0.1) is 18.8 Å². The lowest BCUT2D eigenvalue weighted by atomic mass is 9.98. The number of amides is 4. The molecule has 63 heavy (non-hydrogen) atoms. The van der Waals surface area contributed by atoms with Crippen LogP contribution in [0.1, 0.15) is 89.6 Å². The van der Waals surface area contributed by atoms with Crippen LogP contribution in [-0.4, -0.2) is 85.8 Å². The Labute approximate surface area is 370 Å². The number of fused-ring (bicyclic) bond motifs is 5. The molecule has 2 aliphatic heterocycles. The zero-order valence-corrected chi connectivity index (χ0v) is 37.6. The van der Waals surface area contributed by atoms with Crippen molar-refractivity contribution in [2.75, 3.05) is 20.2 Å². The predicted octanol–water partition coefficient (Wildman–Crippen LogP) is 9.32. The molecule has 0 spiro atoms. The van der Waals surface area contributed by atoms with Crippen LogP contribution in [0.3, 0.4) is 0 Å². The zero-order chi connectivity index (χ0) is 44.3. The molecule has 0 bridgehead atoms. The minimum atomic E-state index is -0.693. The molecule has 0 saturated carbocycles. The molecular formula is C49H54N8O5S. The smallest absolute Gasteiger partial charge is 0.407 e. The number of thiophene rings is 1. The summed E-state index contributed by atoms with van der Waals surface area (Å²) in [6.45, 7) is 12.6. The second-order valence-electron chi connectivity index (χ2n) is 17.8. The van der Waals surface area contributed by atoms with Gasteiger partial charge < -0.3 is 35.1 Å². The van der Waals surface area contributed by atoms with E-state index in [9.17, 15) is 19.2 Å². The lowest BCUT2D eigenvalue weighted by Crippen LogP contribution is -2.51. The summed E-state index contributed by atoms with van der Waals surface area (Å²) in [5, 5.41) is 8.91. The van der Waals surface area contributed by atoms with Crippen LogP contribution in [0.15, 0.2) is 66.7 Å². The molecule has 9 rings (SSSR count). The van der Waals surface area contributed by atoms with Crippen molar-refractivity contribution < 1.29 is 23.9 Å². The van der Waals surface area contributed by atoms with E-state index >= 15 is 0 Å². The number of alkyl carbamates (subject to hydrolysis) is 1. The third-order valence-corrected chi connectivity index (χ3v) is 14.2. The number of carbonyl (C=O) groups excluding carboxylic acids is 4. The number of hydrogen-bond acceptors (Lipinski definition) is 8. The number of likely N-dealkylation sites (tertiary alicyclic amines) is 2. The molecule has 4 atom stereocenters.